The van der Waals surface area contributed by atoms with Gasteiger partial charge in [-0.3, -0.25) is 0 Å². The average Bonchev–Trinajstić information content (AvgIpc) is 2.81. The molecule has 5 nitrogen and oxygen atoms in total. The van der Waals surface area contributed by atoms with Gasteiger partial charge < -0.3 is 0 Å². The Kier molecular flexibility index (Phi) is 3.14. The fraction of sp³-hybridized carbons (Fsp3) is 0.400. The Morgan fingerprint density at radius 3 is 2.81 bits per heavy atom. The van der Waals surface area contributed by atoms with E-state index in [1.165, 1.54) is 6.33 Å². The molecule has 0 aliphatic heterocycles. The molecule has 0 atom stereocenters. The van der Waals surface area contributed by atoms with Gasteiger partial charge in [0.2, 0.25) is 0 Å². The summed E-state index contributed by atoms with van der Waals surface area (Å²) in [7, 11) is 0. The molecule has 0 amide bonds. The Morgan fingerprint density at radius 2 is 2.25 bits per heavy atom. The van der Waals surface area contributed by atoms with Gasteiger partial charge in [0, 0.05) is 5.92 Å². The molecule has 2 heterocycles. The maximum atomic E-state index is 5.87. The van der Waals surface area contributed by atoms with Crippen molar-refractivity contribution in [2.24, 2.45) is 0 Å². The first-order chi connectivity index (χ1) is 7.72. The third-order valence-electron chi connectivity index (χ3n) is 2.17. The summed E-state index contributed by atoms with van der Waals surface area (Å²) in [6.07, 6.45) is 4.80. The molecule has 84 valence electrons. The zero-order chi connectivity index (χ0) is 11.5. The van der Waals surface area contributed by atoms with Gasteiger partial charge in [-0.2, -0.15) is 5.10 Å². The summed E-state index contributed by atoms with van der Waals surface area (Å²) in [6, 6.07) is 0. The molecule has 0 saturated heterocycles. The van der Waals surface area contributed by atoms with Crippen LogP contribution in [0.3, 0.4) is 0 Å². The van der Waals surface area contributed by atoms with Crippen LogP contribution in [0.4, 0.5) is 0 Å². The molecule has 2 aromatic rings. The van der Waals surface area contributed by atoms with Crippen LogP contribution in [0.15, 0.2) is 18.9 Å². The van der Waals surface area contributed by atoms with Crippen molar-refractivity contribution in [2.75, 3.05) is 0 Å². The van der Waals surface area contributed by atoms with Gasteiger partial charge in [0.05, 0.1) is 17.8 Å². The summed E-state index contributed by atoms with van der Waals surface area (Å²) in [5, 5.41) is 4.04. The van der Waals surface area contributed by atoms with Crippen LogP contribution in [0.5, 0.6) is 0 Å². The average molecular weight is 238 g/mol. The Morgan fingerprint density at radius 1 is 1.44 bits per heavy atom. The monoisotopic (exact) mass is 237 g/mol. The molecule has 0 radical (unpaired) electrons. The lowest BCUT2D eigenvalue weighted by molar-refractivity contribution is 0.748. The number of aromatic nitrogens is 5. The minimum absolute atomic E-state index is 0.284. The number of hydrogen-bond acceptors (Lipinski definition) is 4. The highest BCUT2D eigenvalue weighted by Gasteiger charge is 2.10. The Labute approximate surface area is 98.5 Å². The SMILES string of the molecule is CC(C)c1ncc(-n2cncn2)c(CCl)n1. The fourth-order valence-corrected chi connectivity index (χ4v) is 1.52. The summed E-state index contributed by atoms with van der Waals surface area (Å²) in [5.41, 5.74) is 1.54. The summed E-state index contributed by atoms with van der Waals surface area (Å²) in [5.74, 6) is 1.41. The molecule has 0 N–H and O–H groups in total. The van der Waals surface area contributed by atoms with E-state index >= 15 is 0 Å². The van der Waals surface area contributed by atoms with E-state index in [0.29, 0.717) is 5.88 Å². The van der Waals surface area contributed by atoms with E-state index in [-0.39, 0.29) is 5.92 Å². The smallest absolute Gasteiger partial charge is 0.138 e. The first-order valence-electron chi connectivity index (χ1n) is 4.99. The van der Waals surface area contributed by atoms with Crippen LogP contribution in [0.2, 0.25) is 0 Å². The van der Waals surface area contributed by atoms with Gasteiger partial charge in [-0.05, 0) is 0 Å². The lowest BCUT2D eigenvalue weighted by atomic mass is 10.2. The first kappa shape index (κ1) is 11.0. The number of nitrogens with zero attached hydrogens (tertiary/aromatic N) is 5. The van der Waals surface area contributed by atoms with Gasteiger partial charge >= 0.3 is 0 Å². The summed E-state index contributed by atoms with van der Waals surface area (Å²) < 4.78 is 1.61. The van der Waals surface area contributed by atoms with Crippen LogP contribution in [0.25, 0.3) is 5.69 Å². The van der Waals surface area contributed by atoms with E-state index in [9.17, 15) is 0 Å². The highest BCUT2D eigenvalue weighted by molar-refractivity contribution is 6.17. The highest BCUT2D eigenvalue weighted by atomic mass is 35.5. The molecule has 0 aliphatic carbocycles. The molecule has 16 heavy (non-hydrogen) atoms. The minimum atomic E-state index is 0.284. The predicted molar refractivity (Wildman–Crippen MR) is 60.6 cm³/mol. The van der Waals surface area contributed by atoms with Crippen LogP contribution in [-0.2, 0) is 5.88 Å². The van der Waals surface area contributed by atoms with Crippen LogP contribution >= 0.6 is 11.6 Å². The number of halogens is 1. The normalized spacial score (nSPS) is 11.0. The lowest BCUT2D eigenvalue weighted by Crippen LogP contribution is -2.07. The molecule has 0 aromatic carbocycles. The zero-order valence-corrected chi connectivity index (χ0v) is 9.89. The van der Waals surface area contributed by atoms with Gasteiger partial charge in [-0.1, -0.05) is 13.8 Å². The van der Waals surface area contributed by atoms with E-state index in [4.69, 9.17) is 11.6 Å². The summed E-state index contributed by atoms with van der Waals surface area (Å²) in [6.45, 7) is 4.09. The molecule has 6 heteroatoms. The third-order valence-corrected chi connectivity index (χ3v) is 2.43. The number of rotatable bonds is 3. The molecule has 2 aromatic heterocycles. The Hall–Kier alpha value is -1.49. The predicted octanol–water partition coefficient (Wildman–Crippen LogP) is 1.92. The quantitative estimate of drug-likeness (QED) is 0.766. The van der Waals surface area contributed by atoms with Crippen molar-refractivity contribution in [3.63, 3.8) is 0 Å². The first-order valence-corrected chi connectivity index (χ1v) is 5.52. The molecular formula is C10H12ClN5. The maximum Gasteiger partial charge on any atom is 0.138 e. The van der Waals surface area contributed by atoms with Crippen molar-refractivity contribution in [3.05, 3.63) is 30.4 Å². The fourth-order valence-electron chi connectivity index (χ4n) is 1.33. The van der Waals surface area contributed by atoms with E-state index in [1.807, 2.05) is 13.8 Å². The Balaban J connectivity index is 2.47. The number of alkyl halides is 1. The van der Waals surface area contributed by atoms with E-state index in [1.54, 1.807) is 17.2 Å². The van der Waals surface area contributed by atoms with Crippen molar-refractivity contribution < 1.29 is 0 Å². The lowest BCUT2D eigenvalue weighted by Gasteiger charge is -2.09. The van der Waals surface area contributed by atoms with Crippen LogP contribution in [0, 0.1) is 0 Å². The number of hydrogen-bond donors (Lipinski definition) is 0. The molecule has 0 unspecified atom stereocenters. The zero-order valence-electron chi connectivity index (χ0n) is 9.13. The second-order valence-corrected chi connectivity index (χ2v) is 3.96. The van der Waals surface area contributed by atoms with Crippen molar-refractivity contribution in [2.45, 2.75) is 25.6 Å². The van der Waals surface area contributed by atoms with Crippen LogP contribution in [0.1, 0.15) is 31.3 Å². The molecule has 0 fully saturated rings. The molecule has 0 bridgehead atoms. The van der Waals surface area contributed by atoms with E-state index in [2.05, 4.69) is 20.1 Å². The van der Waals surface area contributed by atoms with Crippen LogP contribution in [-0.4, -0.2) is 24.7 Å². The van der Waals surface area contributed by atoms with Gasteiger partial charge in [0.1, 0.15) is 24.2 Å². The van der Waals surface area contributed by atoms with E-state index < -0.39 is 0 Å². The van der Waals surface area contributed by atoms with Crippen molar-refractivity contribution in [3.8, 4) is 5.69 Å². The van der Waals surface area contributed by atoms with Gasteiger partial charge in [-0.25, -0.2) is 19.6 Å². The van der Waals surface area contributed by atoms with Crippen molar-refractivity contribution in [1.82, 2.24) is 24.7 Å². The standard InChI is InChI=1S/C10H12ClN5/c1-7(2)10-13-4-9(8(3-11)15-10)16-6-12-5-14-16/h4-7H,3H2,1-2H3. The maximum absolute atomic E-state index is 5.87. The molecular weight excluding hydrogens is 226 g/mol. The largest absolute Gasteiger partial charge is 0.239 e. The van der Waals surface area contributed by atoms with Gasteiger partial charge in [0.25, 0.3) is 0 Å². The van der Waals surface area contributed by atoms with E-state index in [0.717, 1.165) is 17.2 Å². The van der Waals surface area contributed by atoms with Crippen molar-refractivity contribution >= 4 is 11.6 Å². The highest BCUT2D eigenvalue weighted by Crippen LogP contribution is 2.16. The topological polar surface area (TPSA) is 56.5 Å². The third kappa shape index (κ3) is 2.04. The van der Waals surface area contributed by atoms with Gasteiger partial charge in [0.15, 0.2) is 0 Å². The molecule has 0 aliphatic rings. The van der Waals surface area contributed by atoms with Gasteiger partial charge in [-0.15, -0.1) is 11.6 Å². The summed E-state index contributed by atoms with van der Waals surface area (Å²) in [4.78, 5) is 12.6. The minimum Gasteiger partial charge on any atom is -0.239 e. The second-order valence-electron chi connectivity index (χ2n) is 3.69. The molecule has 0 spiro atoms. The molecule has 0 saturated carbocycles. The van der Waals surface area contributed by atoms with Crippen LogP contribution < -0.4 is 0 Å². The Bertz CT molecular complexity index is 466. The second kappa shape index (κ2) is 4.57. The summed E-state index contributed by atoms with van der Waals surface area (Å²) >= 11 is 5.87. The van der Waals surface area contributed by atoms with Crippen molar-refractivity contribution in [1.29, 1.82) is 0 Å². The molecule has 2 rings (SSSR count).